The van der Waals surface area contributed by atoms with Crippen LogP contribution < -0.4 is 4.74 Å². The van der Waals surface area contributed by atoms with Gasteiger partial charge in [-0.2, -0.15) is 5.10 Å². The van der Waals surface area contributed by atoms with E-state index in [2.05, 4.69) is 141 Å². The summed E-state index contributed by atoms with van der Waals surface area (Å²) in [7, 11) is 0. The quantitative estimate of drug-likeness (QED) is 0.177. The molecule has 0 saturated heterocycles. The van der Waals surface area contributed by atoms with Crippen LogP contribution in [0, 0.1) is 13.8 Å². The minimum atomic E-state index is 0.407. The van der Waals surface area contributed by atoms with Gasteiger partial charge in [0.1, 0.15) is 17.3 Å². The predicted molar refractivity (Wildman–Crippen MR) is 197 cm³/mol. The summed E-state index contributed by atoms with van der Waals surface area (Å²) in [5.74, 6) is 2.82. The standard InChI is InChI=1S/C43H36N4O/c1-28(2)34-23-24-44-42(25-34)46-40-16-9-8-15-38(40)39-22-21-37(27-41(39)46)48-36-14-10-13-35(26-36)47-30(4)43(29(3)45-47)33-19-17-32(18-20-33)31-11-6-5-7-12-31/h5-28H,1-4H3. The smallest absolute Gasteiger partial charge is 0.137 e. The minimum Gasteiger partial charge on any atom is -0.457 e. The van der Waals surface area contributed by atoms with Crippen LogP contribution in [0.25, 0.3) is 55.6 Å². The first-order chi connectivity index (χ1) is 23.4. The van der Waals surface area contributed by atoms with Crippen molar-refractivity contribution in [2.24, 2.45) is 0 Å². The van der Waals surface area contributed by atoms with E-state index in [1.165, 1.54) is 22.1 Å². The van der Waals surface area contributed by atoms with Crippen molar-refractivity contribution in [2.75, 3.05) is 0 Å². The number of hydrogen-bond acceptors (Lipinski definition) is 3. The van der Waals surface area contributed by atoms with Crippen LogP contribution in [0.4, 0.5) is 0 Å². The Bertz CT molecular complexity index is 2420. The number of rotatable bonds is 7. The Morgan fingerprint density at radius 2 is 1.31 bits per heavy atom. The fourth-order valence-electron chi connectivity index (χ4n) is 6.76. The van der Waals surface area contributed by atoms with E-state index in [-0.39, 0.29) is 0 Å². The van der Waals surface area contributed by atoms with Crippen molar-refractivity contribution in [3.8, 4) is 45.3 Å². The molecule has 0 aliphatic carbocycles. The summed E-state index contributed by atoms with van der Waals surface area (Å²) in [4.78, 5) is 4.79. The highest BCUT2D eigenvalue weighted by Crippen LogP contribution is 2.36. The highest BCUT2D eigenvalue weighted by atomic mass is 16.5. The summed E-state index contributed by atoms with van der Waals surface area (Å²) in [5.41, 5.74) is 11.2. The van der Waals surface area contributed by atoms with Gasteiger partial charge in [-0.15, -0.1) is 0 Å². The largest absolute Gasteiger partial charge is 0.457 e. The lowest BCUT2D eigenvalue weighted by molar-refractivity contribution is 0.482. The molecule has 8 rings (SSSR count). The molecule has 0 amide bonds. The summed E-state index contributed by atoms with van der Waals surface area (Å²) in [6.07, 6.45) is 1.90. The molecule has 5 heteroatoms. The molecule has 0 unspecified atom stereocenters. The maximum Gasteiger partial charge on any atom is 0.137 e. The van der Waals surface area contributed by atoms with E-state index in [0.717, 1.165) is 61.9 Å². The zero-order valence-corrected chi connectivity index (χ0v) is 27.6. The average molecular weight is 625 g/mol. The van der Waals surface area contributed by atoms with Crippen LogP contribution in [-0.2, 0) is 0 Å². The van der Waals surface area contributed by atoms with Gasteiger partial charge >= 0.3 is 0 Å². The number of fused-ring (bicyclic) bond motifs is 3. The van der Waals surface area contributed by atoms with Gasteiger partial charge in [-0.25, -0.2) is 9.67 Å². The van der Waals surface area contributed by atoms with Gasteiger partial charge in [0.15, 0.2) is 0 Å². The maximum atomic E-state index is 6.54. The van der Waals surface area contributed by atoms with Gasteiger partial charge in [0.05, 0.1) is 22.4 Å². The van der Waals surface area contributed by atoms with Crippen molar-refractivity contribution < 1.29 is 4.74 Å². The van der Waals surface area contributed by atoms with Gasteiger partial charge in [-0.3, -0.25) is 4.57 Å². The molecule has 0 spiro atoms. The maximum absolute atomic E-state index is 6.54. The fraction of sp³-hybridized carbons (Fsp3) is 0.116. The van der Waals surface area contributed by atoms with Crippen molar-refractivity contribution in [3.63, 3.8) is 0 Å². The number of nitrogens with zero attached hydrogens (tertiary/aromatic N) is 4. The van der Waals surface area contributed by atoms with Gasteiger partial charge in [-0.1, -0.05) is 92.7 Å². The highest BCUT2D eigenvalue weighted by molar-refractivity contribution is 6.09. The molecule has 8 aromatic rings. The number of aromatic nitrogens is 4. The molecule has 5 nitrogen and oxygen atoms in total. The summed E-state index contributed by atoms with van der Waals surface area (Å²) in [5, 5.41) is 7.32. The predicted octanol–water partition coefficient (Wildman–Crippen LogP) is 11.2. The van der Waals surface area contributed by atoms with E-state index in [4.69, 9.17) is 14.8 Å². The lowest BCUT2D eigenvalue weighted by Crippen LogP contribution is -2.00. The first kappa shape index (κ1) is 29.5. The molecule has 0 radical (unpaired) electrons. The van der Waals surface area contributed by atoms with Crippen LogP contribution in [0.3, 0.4) is 0 Å². The van der Waals surface area contributed by atoms with Crippen LogP contribution in [0.2, 0.25) is 0 Å². The monoisotopic (exact) mass is 624 g/mol. The molecular weight excluding hydrogens is 589 g/mol. The summed E-state index contributed by atoms with van der Waals surface area (Å²) >= 11 is 0. The third-order valence-corrected chi connectivity index (χ3v) is 9.18. The first-order valence-electron chi connectivity index (χ1n) is 16.4. The average Bonchev–Trinajstić information content (AvgIpc) is 3.61. The Labute approximate surface area is 280 Å². The minimum absolute atomic E-state index is 0.407. The zero-order valence-electron chi connectivity index (χ0n) is 27.6. The van der Waals surface area contributed by atoms with Crippen LogP contribution in [0.15, 0.2) is 140 Å². The molecule has 0 aliphatic rings. The van der Waals surface area contributed by atoms with E-state index in [9.17, 15) is 0 Å². The lowest BCUT2D eigenvalue weighted by Gasteiger charge is -2.12. The highest BCUT2D eigenvalue weighted by Gasteiger charge is 2.17. The van der Waals surface area contributed by atoms with Crippen molar-refractivity contribution in [1.29, 1.82) is 0 Å². The molecular formula is C43H36N4O. The summed E-state index contributed by atoms with van der Waals surface area (Å²) in [6, 6.07) is 46.4. The molecule has 0 atom stereocenters. The first-order valence-corrected chi connectivity index (χ1v) is 16.4. The molecule has 0 bridgehead atoms. The van der Waals surface area contributed by atoms with Gasteiger partial charge in [-0.05, 0) is 84.5 Å². The molecule has 5 aromatic carbocycles. The summed E-state index contributed by atoms with van der Waals surface area (Å²) < 4.78 is 10.8. The van der Waals surface area contributed by atoms with Gasteiger partial charge < -0.3 is 4.74 Å². The van der Waals surface area contributed by atoms with Crippen molar-refractivity contribution in [2.45, 2.75) is 33.6 Å². The van der Waals surface area contributed by atoms with Crippen molar-refractivity contribution in [1.82, 2.24) is 19.3 Å². The van der Waals surface area contributed by atoms with Crippen LogP contribution in [-0.4, -0.2) is 19.3 Å². The number of benzene rings is 5. The Morgan fingerprint density at radius 1 is 0.604 bits per heavy atom. The molecule has 3 aromatic heterocycles. The van der Waals surface area contributed by atoms with Crippen LogP contribution in [0.5, 0.6) is 11.5 Å². The molecule has 0 saturated carbocycles. The van der Waals surface area contributed by atoms with Crippen molar-refractivity contribution >= 4 is 21.8 Å². The molecule has 48 heavy (non-hydrogen) atoms. The number of para-hydroxylation sites is 1. The topological polar surface area (TPSA) is 44.9 Å². The third kappa shape index (κ3) is 5.23. The summed E-state index contributed by atoms with van der Waals surface area (Å²) in [6.45, 7) is 8.62. The SMILES string of the molecule is Cc1nn(-c2cccc(Oc3ccc4c5ccccc5n(-c5cc(C(C)C)ccn5)c4c3)c2)c(C)c1-c1ccc(-c2ccccc2)cc1. The number of aryl methyl sites for hydroxylation is 1. The Hall–Kier alpha value is -5.94. The molecule has 3 heterocycles. The fourth-order valence-corrected chi connectivity index (χ4v) is 6.76. The van der Waals surface area contributed by atoms with E-state index in [0.29, 0.717) is 5.92 Å². The number of pyridine rings is 1. The number of hydrogen-bond donors (Lipinski definition) is 0. The second-order valence-electron chi connectivity index (χ2n) is 12.6. The zero-order chi connectivity index (χ0) is 32.8. The Morgan fingerprint density at radius 3 is 2.12 bits per heavy atom. The van der Waals surface area contributed by atoms with Crippen LogP contribution in [0.1, 0.15) is 36.7 Å². The van der Waals surface area contributed by atoms with Gasteiger partial charge in [0.2, 0.25) is 0 Å². The second-order valence-corrected chi connectivity index (χ2v) is 12.6. The van der Waals surface area contributed by atoms with E-state index in [1.807, 2.05) is 35.1 Å². The van der Waals surface area contributed by atoms with Gasteiger partial charge in [0, 0.05) is 40.4 Å². The second kappa shape index (κ2) is 12.0. The van der Waals surface area contributed by atoms with E-state index < -0.39 is 0 Å². The molecule has 0 fully saturated rings. The van der Waals surface area contributed by atoms with E-state index >= 15 is 0 Å². The normalized spacial score (nSPS) is 11.5. The Kier molecular flexibility index (Phi) is 7.37. The Balaban J connectivity index is 1.13. The molecule has 234 valence electrons. The molecule has 0 aliphatic heterocycles. The van der Waals surface area contributed by atoms with E-state index in [1.54, 1.807) is 0 Å². The van der Waals surface area contributed by atoms with Crippen LogP contribution >= 0.6 is 0 Å². The van der Waals surface area contributed by atoms with Crippen molar-refractivity contribution in [3.05, 3.63) is 157 Å². The lowest BCUT2D eigenvalue weighted by atomic mass is 9.99. The third-order valence-electron chi connectivity index (χ3n) is 9.18. The number of ether oxygens (including phenoxy) is 1. The molecule has 0 N–H and O–H groups in total. The van der Waals surface area contributed by atoms with Gasteiger partial charge in [0.25, 0.3) is 0 Å².